The minimum absolute atomic E-state index is 0.121. The van der Waals surface area contributed by atoms with Crippen molar-refractivity contribution < 1.29 is 4.79 Å². The second kappa shape index (κ2) is 9.69. The Hall–Kier alpha value is -2.68. The average molecular weight is 389 g/mol. The smallest absolute Gasteiger partial charge is 0.254 e. The number of fused-ring (bicyclic) bond motifs is 1. The normalized spacial score (nSPS) is 11.0. The monoisotopic (exact) mass is 388 g/mol. The van der Waals surface area contributed by atoms with Crippen molar-refractivity contribution >= 4 is 16.8 Å². The fourth-order valence-electron chi connectivity index (χ4n) is 3.58. The third-order valence-corrected chi connectivity index (χ3v) is 5.60. The average Bonchev–Trinajstić information content (AvgIpc) is 2.74. The molecule has 1 amide bonds. The summed E-state index contributed by atoms with van der Waals surface area (Å²) in [5.41, 5.74) is 6.05. The van der Waals surface area contributed by atoms with Crippen LogP contribution in [-0.4, -0.2) is 28.9 Å². The third kappa shape index (κ3) is 4.84. The van der Waals surface area contributed by atoms with Crippen molar-refractivity contribution in [2.24, 2.45) is 0 Å². The van der Waals surface area contributed by atoms with E-state index in [1.54, 1.807) is 0 Å². The highest BCUT2D eigenvalue weighted by molar-refractivity contribution is 6.07. The van der Waals surface area contributed by atoms with Gasteiger partial charge < -0.3 is 4.90 Å². The van der Waals surface area contributed by atoms with Gasteiger partial charge in [0.05, 0.1) is 16.8 Å². The molecule has 3 aromatic rings. The summed E-state index contributed by atoms with van der Waals surface area (Å²) in [5.74, 6) is 0.121. The summed E-state index contributed by atoms with van der Waals surface area (Å²) in [5, 5.41) is 0.933. The van der Waals surface area contributed by atoms with Crippen molar-refractivity contribution in [3.05, 3.63) is 65.2 Å². The van der Waals surface area contributed by atoms with Crippen LogP contribution in [-0.2, 0) is 0 Å². The molecule has 0 spiro atoms. The zero-order valence-corrected chi connectivity index (χ0v) is 18.2. The summed E-state index contributed by atoms with van der Waals surface area (Å²) >= 11 is 0. The Morgan fingerprint density at radius 2 is 1.59 bits per heavy atom. The van der Waals surface area contributed by atoms with Crippen molar-refractivity contribution in [1.82, 2.24) is 9.88 Å². The number of amides is 1. The van der Waals surface area contributed by atoms with Gasteiger partial charge in [-0.3, -0.25) is 4.79 Å². The van der Waals surface area contributed by atoms with Gasteiger partial charge in [0.15, 0.2) is 0 Å². The van der Waals surface area contributed by atoms with Crippen molar-refractivity contribution in [1.29, 1.82) is 0 Å². The van der Waals surface area contributed by atoms with Crippen LogP contribution in [0.25, 0.3) is 22.2 Å². The van der Waals surface area contributed by atoms with E-state index in [9.17, 15) is 4.79 Å². The molecule has 3 nitrogen and oxygen atoms in total. The second-order valence-corrected chi connectivity index (χ2v) is 7.87. The molecule has 0 radical (unpaired) electrons. The number of aryl methyl sites for hydroxylation is 2. The van der Waals surface area contributed by atoms with E-state index in [1.165, 1.54) is 11.1 Å². The standard InChI is InChI=1S/C26H32N2O/c1-5-7-15-28(16-8-6-2)26(29)23-18-25(21-14-13-19(3)20(4)17-21)27-24-12-10-9-11-22(23)24/h9-14,17-18H,5-8,15-16H2,1-4H3. The highest BCUT2D eigenvalue weighted by Crippen LogP contribution is 2.27. The fraction of sp³-hybridized carbons (Fsp3) is 0.385. The first-order chi connectivity index (χ1) is 14.0. The lowest BCUT2D eigenvalue weighted by Gasteiger charge is -2.23. The van der Waals surface area contributed by atoms with Gasteiger partial charge in [-0.05, 0) is 56.0 Å². The number of para-hydroxylation sites is 1. The summed E-state index contributed by atoms with van der Waals surface area (Å²) in [6.45, 7) is 10.2. The van der Waals surface area contributed by atoms with Gasteiger partial charge in [0.25, 0.3) is 5.91 Å². The van der Waals surface area contributed by atoms with Crippen LogP contribution in [0.2, 0.25) is 0 Å². The number of aromatic nitrogens is 1. The van der Waals surface area contributed by atoms with Gasteiger partial charge in [-0.1, -0.05) is 57.0 Å². The first-order valence-electron chi connectivity index (χ1n) is 10.8. The van der Waals surface area contributed by atoms with Crippen molar-refractivity contribution in [2.75, 3.05) is 13.1 Å². The number of carbonyl (C=O) groups excluding carboxylic acids is 1. The minimum Gasteiger partial charge on any atom is -0.339 e. The lowest BCUT2D eigenvalue weighted by atomic mass is 10.00. The van der Waals surface area contributed by atoms with E-state index in [0.717, 1.165) is 66.5 Å². The Morgan fingerprint density at radius 3 is 2.24 bits per heavy atom. The van der Waals surface area contributed by atoms with E-state index >= 15 is 0 Å². The Kier molecular flexibility index (Phi) is 7.03. The molecular weight excluding hydrogens is 356 g/mol. The first kappa shape index (κ1) is 21.0. The number of hydrogen-bond donors (Lipinski definition) is 0. The van der Waals surface area contributed by atoms with Gasteiger partial charge in [0.2, 0.25) is 0 Å². The van der Waals surface area contributed by atoms with E-state index in [2.05, 4.69) is 45.9 Å². The van der Waals surface area contributed by atoms with E-state index in [-0.39, 0.29) is 5.91 Å². The Labute approximate surface area is 174 Å². The lowest BCUT2D eigenvalue weighted by Crippen LogP contribution is -2.33. The maximum Gasteiger partial charge on any atom is 0.254 e. The minimum atomic E-state index is 0.121. The number of unbranched alkanes of at least 4 members (excludes halogenated alkanes) is 2. The van der Waals surface area contributed by atoms with Crippen molar-refractivity contribution in [3.63, 3.8) is 0 Å². The first-order valence-corrected chi connectivity index (χ1v) is 10.8. The van der Waals surface area contributed by atoms with Gasteiger partial charge in [-0.2, -0.15) is 0 Å². The number of pyridine rings is 1. The highest BCUT2D eigenvalue weighted by Gasteiger charge is 2.19. The molecule has 0 aliphatic heterocycles. The molecule has 0 N–H and O–H groups in total. The number of nitrogens with zero attached hydrogens (tertiary/aromatic N) is 2. The summed E-state index contributed by atoms with van der Waals surface area (Å²) in [4.78, 5) is 20.5. The van der Waals surface area contributed by atoms with Crippen molar-refractivity contribution in [3.8, 4) is 11.3 Å². The van der Waals surface area contributed by atoms with Gasteiger partial charge >= 0.3 is 0 Å². The van der Waals surface area contributed by atoms with Crippen molar-refractivity contribution in [2.45, 2.75) is 53.4 Å². The van der Waals surface area contributed by atoms with Crippen LogP contribution in [0.1, 0.15) is 61.0 Å². The number of rotatable bonds is 8. The molecule has 152 valence electrons. The molecule has 0 bridgehead atoms. The molecule has 1 heterocycles. The summed E-state index contributed by atoms with van der Waals surface area (Å²) in [6, 6.07) is 16.3. The van der Waals surface area contributed by atoms with Gasteiger partial charge in [0, 0.05) is 24.0 Å². The van der Waals surface area contributed by atoms with Gasteiger partial charge in [-0.25, -0.2) is 4.98 Å². The predicted molar refractivity (Wildman–Crippen MR) is 122 cm³/mol. The molecule has 0 atom stereocenters. The fourth-order valence-corrected chi connectivity index (χ4v) is 3.58. The molecule has 3 heteroatoms. The highest BCUT2D eigenvalue weighted by atomic mass is 16.2. The SMILES string of the molecule is CCCCN(CCCC)C(=O)c1cc(-c2ccc(C)c(C)c2)nc2ccccc12. The molecule has 0 aliphatic carbocycles. The maximum atomic E-state index is 13.6. The molecule has 2 aromatic carbocycles. The summed E-state index contributed by atoms with van der Waals surface area (Å²) in [6.07, 6.45) is 4.23. The number of hydrogen-bond acceptors (Lipinski definition) is 2. The Bertz CT molecular complexity index is 985. The molecule has 29 heavy (non-hydrogen) atoms. The van der Waals surface area contributed by atoms with E-state index in [4.69, 9.17) is 4.98 Å². The molecule has 0 aliphatic rings. The molecule has 1 aromatic heterocycles. The largest absolute Gasteiger partial charge is 0.339 e. The molecule has 0 fully saturated rings. The van der Waals surface area contributed by atoms with E-state index < -0.39 is 0 Å². The van der Waals surface area contributed by atoms with E-state index in [1.807, 2.05) is 35.2 Å². The Morgan fingerprint density at radius 1 is 0.897 bits per heavy atom. The predicted octanol–water partition coefficient (Wildman–Crippen LogP) is 6.56. The van der Waals surface area contributed by atoms with Crippen LogP contribution in [0.4, 0.5) is 0 Å². The summed E-state index contributed by atoms with van der Waals surface area (Å²) in [7, 11) is 0. The zero-order chi connectivity index (χ0) is 20.8. The number of carbonyl (C=O) groups is 1. The van der Waals surface area contributed by atoms with E-state index in [0.29, 0.717) is 0 Å². The Balaban J connectivity index is 2.09. The van der Waals surface area contributed by atoms with Crippen LogP contribution in [0, 0.1) is 13.8 Å². The molecule has 0 unspecified atom stereocenters. The van der Waals surface area contributed by atoms with Crippen LogP contribution < -0.4 is 0 Å². The van der Waals surface area contributed by atoms with Crippen LogP contribution in [0.5, 0.6) is 0 Å². The lowest BCUT2D eigenvalue weighted by molar-refractivity contribution is 0.0753. The molecule has 0 saturated carbocycles. The molecule has 0 saturated heterocycles. The zero-order valence-electron chi connectivity index (χ0n) is 18.2. The van der Waals surface area contributed by atoms with Crippen LogP contribution in [0.3, 0.4) is 0 Å². The van der Waals surface area contributed by atoms with Crippen LogP contribution >= 0.6 is 0 Å². The van der Waals surface area contributed by atoms with Gasteiger partial charge in [0.1, 0.15) is 0 Å². The number of benzene rings is 2. The second-order valence-electron chi connectivity index (χ2n) is 7.87. The molecular formula is C26H32N2O. The third-order valence-electron chi connectivity index (χ3n) is 5.60. The quantitative estimate of drug-likeness (QED) is 0.438. The maximum absolute atomic E-state index is 13.6. The van der Waals surface area contributed by atoms with Gasteiger partial charge in [-0.15, -0.1) is 0 Å². The summed E-state index contributed by atoms with van der Waals surface area (Å²) < 4.78 is 0. The topological polar surface area (TPSA) is 33.2 Å². The molecule has 3 rings (SSSR count). The van der Waals surface area contributed by atoms with Crippen LogP contribution in [0.15, 0.2) is 48.5 Å².